The molecule has 8 aromatic heterocycles. The normalized spacial score (nSPS) is 14.9. The average Bonchev–Trinajstić information content (AvgIpc) is 1.54. The van der Waals surface area contributed by atoms with Crippen LogP contribution in [-0.2, 0) is 25.6 Å². The average molecular weight is 2070 g/mol. The second kappa shape index (κ2) is 48.3. The first-order valence-corrected chi connectivity index (χ1v) is 51.8. The lowest BCUT2D eigenvalue weighted by atomic mass is 9.85. The number of nitrogens with two attached hydrogens (primary N) is 2. The van der Waals surface area contributed by atoms with Crippen LogP contribution in [0.4, 0.5) is 27.1 Å². The number of benzene rings is 8. The summed E-state index contributed by atoms with van der Waals surface area (Å²) in [6.07, 6.45) is 16.2. The quantitative estimate of drug-likeness (QED) is 0.0226. The van der Waals surface area contributed by atoms with Crippen molar-refractivity contribution in [3.8, 4) is 61.8 Å². The molecular weight excluding hydrogens is 1950 g/mol. The number of carbonyl (C=O) groups is 4. The minimum Gasteiger partial charge on any atom is -0.497 e. The van der Waals surface area contributed by atoms with E-state index in [4.69, 9.17) is 72.1 Å². The standard InChI is InChI=1S/C31H36ClN5O3.C30H34ClN5O2.C29H31ClFN5O.C26H26ClN5O/c1-20(2)34-19-26(21-5-8-23(32)9-6-21)31(38)37-15-13-36(14-16-37)29-24-11-12-33-30(24)35-18-25(29)22-7-10-27(39-3)28(17-22)40-4;1-20(2)33-19-27(21-7-9-23(31)10-8-21)30(37)36-15-13-35(14-16-36)28-25-11-12-32-29(25)34-18-26(28)22-5-4-6-24(17-22)38-3;1-29(2,32)17-24(19-6-8-21(30)9-7-19)28(37)36-14-12-35(13-15-36)26-23-10-11-33-27(23)34-18-25(26)20-4-3-5-22(31)16-20;27-20-8-6-18(7-9-20)16-23(28)26(33)32-14-12-31(13-15-32)24-21-10-11-29-25(21)30-17-22(24)19-4-2-1-3-5-19/h5-12,17-18,20,26,34H,13-16,19H2,1-4H3,(H,33,35);4-12,17-18,20,27,33H,13-16,19H2,1-3H3,(H,32,34);3-11,16,18,24H,12-15,17,32H2,1-2H3,(H,33,34);1-11,17,23H,12-16,28H2,(H,29,30)/t26-;27-;24-;23-/m1111/s1. The van der Waals surface area contributed by atoms with Crippen molar-refractivity contribution in [3.05, 3.63) is 316 Å². The Bertz CT molecular complexity index is 7220. The summed E-state index contributed by atoms with van der Waals surface area (Å²) in [5.74, 6) is 1.34. The van der Waals surface area contributed by atoms with Crippen molar-refractivity contribution < 1.29 is 37.8 Å². The zero-order chi connectivity index (χ0) is 104. The van der Waals surface area contributed by atoms with E-state index in [9.17, 15) is 23.6 Å². The van der Waals surface area contributed by atoms with E-state index in [0.717, 1.165) is 166 Å². The fourth-order valence-electron chi connectivity index (χ4n) is 20.1. The number of hydrogen-bond acceptors (Lipinski definition) is 19. The third-order valence-electron chi connectivity index (χ3n) is 27.7. The van der Waals surface area contributed by atoms with E-state index in [1.165, 1.54) is 12.1 Å². The van der Waals surface area contributed by atoms with Crippen molar-refractivity contribution in [3.63, 3.8) is 0 Å². The first kappa shape index (κ1) is 105. The lowest BCUT2D eigenvalue weighted by molar-refractivity contribution is -0.134. The number of piperazine rings is 4. The number of fused-ring (bicyclic) bond motifs is 4. The molecule has 0 spiro atoms. The van der Waals surface area contributed by atoms with Crippen molar-refractivity contribution in [2.75, 3.05) is 159 Å². The molecule has 0 unspecified atom stereocenters. The number of anilines is 4. The van der Waals surface area contributed by atoms with Crippen molar-refractivity contribution >= 4 is 137 Å². The molecule has 768 valence electrons. The minimum atomic E-state index is -0.560. The molecule has 0 radical (unpaired) electrons. The molecule has 4 fully saturated rings. The lowest BCUT2D eigenvalue weighted by Gasteiger charge is -2.39. The SMILES string of the molecule is CC(C)(N)C[C@@H](C(=O)N1CCN(c2c(-c3cccc(F)c3)cnc3[nH]ccc23)CC1)c1ccc(Cl)cc1.COc1ccc(-c2cnc3[nH]ccc3c2N2CCN(C(=O)[C@H](CNC(C)C)c3ccc(Cl)cc3)CC2)cc1OC.COc1cccc(-c2cnc3[nH]ccc3c2N2CCN(C(=O)[C@H](CNC(C)C)c3ccc(Cl)cc3)CC2)c1.N[C@H](Cc1ccc(Cl)cc1)C(=O)N1CCN(c2c(-c3ccccc3)cnc3[nH]ccc23)CC1. The van der Waals surface area contributed by atoms with Gasteiger partial charge in [-0.15, -0.1) is 0 Å². The molecule has 0 aliphatic carbocycles. The van der Waals surface area contributed by atoms with E-state index in [1.807, 2.05) is 241 Å². The molecule has 10 N–H and O–H groups in total. The summed E-state index contributed by atoms with van der Waals surface area (Å²) < 4.78 is 30.6. The molecule has 16 aromatic rings. The van der Waals surface area contributed by atoms with Gasteiger partial charge in [0, 0.05) is 249 Å². The maximum Gasteiger partial charge on any atom is 0.239 e. The largest absolute Gasteiger partial charge is 0.497 e. The van der Waals surface area contributed by atoms with Gasteiger partial charge in [-0.25, -0.2) is 24.3 Å². The number of ether oxygens (including phenoxy) is 3. The monoisotopic (exact) mass is 2070 g/mol. The lowest BCUT2D eigenvalue weighted by Crippen LogP contribution is -2.53. The van der Waals surface area contributed by atoms with E-state index < -0.39 is 11.6 Å². The summed E-state index contributed by atoms with van der Waals surface area (Å²) in [6, 6.07) is 69.3. The number of H-pyrrole nitrogens is 4. The van der Waals surface area contributed by atoms with Gasteiger partial charge in [-0.2, -0.15) is 0 Å². The number of aromatic amines is 4. The molecular formula is C116H127Cl4FN20O7. The highest BCUT2D eigenvalue weighted by molar-refractivity contribution is 6.31. The number of nitrogens with zero attached hydrogens (tertiary/aromatic N) is 12. The molecule has 4 aliphatic heterocycles. The van der Waals surface area contributed by atoms with Gasteiger partial charge in [0.05, 0.1) is 67.9 Å². The van der Waals surface area contributed by atoms with Gasteiger partial charge in [0.15, 0.2) is 11.5 Å². The maximum atomic E-state index is 14.1. The number of aromatic nitrogens is 8. The predicted octanol–water partition coefficient (Wildman–Crippen LogP) is 20.3. The van der Waals surface area contributed by atoms with Gasteiger partial charge in [0.25, 0.3) is 0 Å². The van der Waals surface area contributed by atoms with Gasteiger partial charge in [-0.05, 0) is 180 Å². The van der Waals surface area contributed by atoms with E-state index >= 15 is 0 Å². The Morgan fingerprint density at radius 3 is 1.07 bits per heavy atom. The van der Waals surface area contributed by atoms with Crippen LogP contribution in [-0.4, -0.2) is 246 Å². The Balaban J connectivity index is 0.000000135. The summed E-state index contributed by atoms with van der Waals surface area (Å²) in [5, 5.41) is 13.8. The highest BCUT2D eigenvalue weighted by atomic mass is 35.5. The van der Waals surface area contributed by atoms with Crippen molar-refractivity contribution in [2.24, 2.45) is 11.5 Å². The summed E-state index contributed by atoms with van der Waals surface area (Å²) in [5.41, 5.74) is 31.7. The molecule has 4 aliphatic rings. The van der Waals surface area contributed by atoms with E-state index in [-0.39, 0.29) is 53.2 Å². The van der Waals surface area contributed by atoms with Crippen LogP contribution in [0.1, 0.15) is 88.0 Å². The third kappa shape index (κ3) is 25.1. The Hall–Kier alpha value is -14.1. The second-order valence-electron chi connectivity index (χ2n) is 39.0. The summed E-state index contributed by atoms with van der Waals surface area (Å²) >= 11 is 24.3. The number of nitrogens with one attached hydrogen (secondary N) is 6. The van der Waals surface area contributed by atoms with Crippen LogP contribution in [0.3, 0.4) is 0 Å². The second-order valence-corrected chi connectivity index (χ2v) is 40.8. The van der Waals surface area contributed by atoms with Gasteiger partial charge in [0.2, 0.25) is 23.6 Å². The van der Waals surface area contributed by atoms with Crippen molar-refractivity contribution in [1.29, 1.82) is 0 Å². The highest BCUT2D eigenvalue weighted by Gasteiger charge is 2.38. The van der Waals surface area contributed by atoms with Crippen LogP contribution in [0.2, 0.25) is 20.1 Å². The zero-order valence-corrected chi connectivity index (χ0v) is 87.8. The number of amides is 4. The fourth-order valence-corrected chi connectivity index (χ4v) is 20.6. The Kier molecular flexibility index (Phi) is 34.3. The first-order valence-electron chi connectivity index (χ1n) is 50.3. The van der Waals surface area contributed by atoms with E-state index in [1.54, 1.807) is 33.6 Å². The molecule has 12 heterocycles. The molecule has 0 saturated carbocycles. The first-order chi connectivity index (χ1) is 71.6. The predicted molar refractivity (Wildman–Crippen MR) is 596 cm³/mol. The molecule has 27 nitrogen and oxygen atoms in total. The number of hydrogen-bond donors (Lipinski definition) is 8. The zero-order valence-electron chi connectivity index (χ0n) is 84.8. The van der Waals surface area contributed by atoms with Crippen LogP contribution >= 0.6 is 46.4 Å². The number of pyridine rings is 4. The van der Waals surface area contributed by atoms with Gasteiger partial charge in [0.1, 0.15) is 34.2 Å². The van der Waals surface area contributed by atoms with Crippen LogP contribution < -0.4 is 55.9 Å². The molecule has 4 saturated heterocycles. The van der Waals surface area contributed by atoms with E-state index in [0.29, 0.717) is 142 Å². The number of rotatable bonds is 28. The van der Waals surface area contributed by atoms with E-state index in [2.05, 4.69) is 134 Å². The highest BCUT2D eigenvalue weighted by Crippen LogP contribution is 2.45. The number of methoxy groups -OCH3 is 3. The molecule has 4 atom stereocenters. The summed E-state index contributed by atoms with van der Waals surface area (Å²) in [4.78, 5) is 103. The van der Waals surface area contributed by atoms with Crippen molar-refractivity contribution in [2.45, 2.75) is 95.8 Å². The molecule has 4 amide bonds. The van der Waals surface area contributed by atoms with Gasteiger partial charge in [-0.1, -0.05) is 183 Å². The maximum absolute atomic E-state index is 14.1. The summed E-state index contributed by atoms with van der Waals surface area (Å²) in [7, 11) is 4.95. The van der Waals surface area contributed by atoms with Gasteiger partial charge < -0.3 is 95.4 Å². The molecule has 8 aromatic carbocycles. The van der Waals surface area contributed by atoms with Crippen molar-refractivity contribution in [1.82, 2.24) is 70.1 Å². The molecule has 148 heavy (non-hydrogen) atoms. The topological polar surface area (TPSA) is 313 Å². The van der Waals surface area contributed by atoms with Crippen LogP contribution in [0, 0.1) is 5.82 Å². The summed E-state index contributed by atoms with van der Waals surface area (Å²) in [6.45, 7) is 24.1. The molecule has 0 bridgehead atoms. The van der Waals surface area contributed by atoms with Crippen LogP contribution in [0.5, 0.6) is 17.2 Å². The Morgan fingerprint density at radius 2 is 0.709 bits per heavy atom. The molecule has 32 heteroatoms. The number of halogens is 5. The van der Waals surface area contributed by atoms with Crippen LogP contribution in [0.25, 0.3) is 88.6 Å². The molecule has 20 rings (SSSR count). The minimum absolute atomic E-state index is 0.00518. The third-order valence-corrected chi connectivity index (χ3v) is 28.8. The fraction of sp³-hybridized carbons (Fsp3) is 0.310. The Labute approximate surface area is 882 Å². The van der Waals surface area contributed by atoms with Crippen LogP contribution in [0.15, 0.2) is 268 Å². The smallest absolute Gasteiger partial charge is 0.239 e. The van der Waals surface area contributed by atoms with Gasteiger partial charge in [-0.3, -0.25) is 19.2 Å². The number of carbonyl (C=O) groups excluding carboxylic acids is 4. The van der Waals surface area contributed by atoms with Gasteiger partial charge >= 0.3 is 0 Å². The Morgan fingerprint density at radius 1 is 0.378 bits per heavy atom.